The van der Waals surface area contributed by atoms with Crippen LogP contribution in [0.1, 0.15) is 85.0 Å². The minimum absolute atomic E-state index is 0.457. The summed E-state index contributed by atoms with van der Waals surface area (Å²) in [6.45, 7) is 12.2. The standard InChI is InChI=1S/C24H37N/c1-16(11-14-25)19-8-9-20-22-17(2)15-18-7-5-6-12-23(18,3)21(22)10-13-24(19,20)4/h16,18-22H,2,5-13,15H2,1,3-4H3/t16-,18?,19?,20+,21?,22?,23?,24?/m1/s1. The molecule has 0 spiro atoms. The van der Waals surface area contributed by atoms with Crippen molar-refractivity contribution in [2.75, 3.05) is 0 Å². The van der Waals surface area contributed by atoms with Gasteiger partial charge in [-0.2, -0.15) is 5.26 Å². The van der Waals surface area contributed by atoms with E-state index in [2.05, 4.69) is 33.4 Å². The van der Waals surface area contributed by atoms with Crippen LogP contribution in [0.25, 0.3) is 0 Å². The van der Waals surface area contributed by atoms with E-state index in [1.807, 2.05) is 0 Å². The molecule has 0 N–H and O–H groups in total. The minimum Gasteiger partial charge on any atom is -0.198 e. The fourth-order valence-electron chi connectivity index (χ4n) is 8.42. The topological polar surface area (TPSA) is 23.8 Å². The fraction of sp³-hybridized carbons (Fsp3) is 0.875. The van der Waals surface area contributed by atoms with Gasteiger partial charge in [-0.25, -0.2) is 0 Å². The summed E-state index contributed by atoms with van der Waals surface area (Å²) in [7, 11) is 0. The van der Waals surface area contributed by atoms with Crippen molar-refractivity contribution in [2.24, 2.45) is 46.3 Å². The molecule has 0 amide bonds. The Morgan fingerprint density at radius 2 is 1.84 bits per heavy atom. The van der Waals surface area contributed by atoms with E-state index in [-0.39, 0.29) is 0 Å². The molecule has 0 saturated heterocycles. The number of rotatable bonds is 2. The van der Waals surface area contributed by atoms with E-state index in [1.165, 1.54) is 57.8 Å². The smallest absolute Gasteiger partial charge is 0.0624 e. The van der Waals surface area contributed by atoms with Gasteiger partial charge in [0.2, 0.25) is 0 Å². The first-order valence-corrected chi connectivity index (χ1v) is 11.0. The zero-order valence-electron chi connectivity index (χ0n) is 16.7. The van der Waals surface area contributed by atoms with Crippen molar-refractivity contribution in [2.45, 2.75) is 85.0 Å². The van der Waals surface area contributed by atoms with Crippen LogP contribution in [0.3, 0.4) is 0 Å². The van der Waals surface area contributed by atoms with Crippen molar-refractivity contribution in [3.05, 3.63) is 12.2 Å². The monoisotopic (exact) mass is 339 g/mol. The van der Waals surface area contributed by atoms with Crippen LogP contribution in [0.15, 0.2) is 12.2 Å². The average Bonchev–Trinajstić information content (AvgIpc) is 2.93. The maximum atomic E-state index is 9.21. The van der Waals surface area contributed by atoms with Crippen molar-refractivity contribution >= 4 is 0 Å². The number of nitriles is 1. The molecular weight excluding hydrogens is 302 g/mol. The summed E-state index contributed by atoms with van der Waals surface area (Å²) in [6, 6.07) is 2.45. The van der Waals surface area contributed by atoms with E-state index in [1.54, 1.807) is 5.57 Å². The average molecular weight is 340 g/mol. The third kappa shape index (κ3) is 2.46. The van der Waals surface area contributed by atoms with Gasteiger partial charge in [-0.1, -0.05) is 45.8 Å². The van der Waals surface area contributed by atoms with E-state index in [0.717, 1.165) is 36.0 Å². The fourth-order valence-corrected chi connectivity index (χ4v) is 8.42. The molecule has 4 aliphatic rings. The first kappa shape index (κ1) is 17.6. The van der Waals surface area contributed by atoms with Crippen LogP contribution in [-0.2, 0) is 0 Å². The Labute approximate surface area is 155 Å². The molecule has 4 fully saturated rings. The number of hydrogen-bond donors (Lipinski definition) is 0. The van der Waals surface area contributed by atoms with E-state index in [9.17, 15) is 5.26 Å². The molecule has 0 aromatic rings. The third-order valence-electron chi connectivity index (χ3n) is 9.72. The number of nitrogens with zero attached hydrogens (tertiary/aromatic N) is 1. The van der Waals surface area contributed by atoms with Gasteiger partial charge in [0.1, 0.15) is 0 Å². The van der Waals surface area contributed by atoms with Gasteiger partial charge in [0.15, 0.2) is 0 Å². The van der Waals surface area contributed by atoms with Gasteiger partial charge < -0.3 is 0 Å². The minimum atomic E-state index is 0.457. The largest absolute Gasteiger partial charge is 0.198 e. The summed E-state index contributed by atoms with van der Waals surface area (Å²) >= 11 is 0. The first-order valence-electron chi connectivity index (χ1n) is 11.0. The molecule has 0 aromatic carbocycles. The molecular formula is C24H37N. The van der Waals surface area contributed by atoms with Crippen molar-refractivity contribution in [1.29, 1.82) is 5.26 Å². The summed E-state index contributed by atoms with van der Waals surface area (Å²) in [4.78, 5) is 0. The molecule has 0 radical (unpaired) electrons. The Morgan fingerprint density at radius 1 is 1.08 bits per heavy atom. The Hall–Kier alpha value is -0.770. The number of fused-ring (bicyclic) bond motifs is 5. The Balaban J connectivity index is 1.64. The van der Waals surface area contributed by atoms with Gasteiger partial charge in [0, 0.05) is 6.42 Å². The van der Waals surface area contributed by atoms with Gasteiger partial charge in [0.05, 0.1) is 6.07 Å². The van der Waals surface area contributed by atoms with E-state index >= 15 is 0 Å². The number of allylic oxidation sites excluding steroid dienone is 1. The van der Waals surface area contributed by atoms with Crippen LogP contribution < -0.4 is 0 Å². The molecule has 1 nitrogen and oxygen atoms in total. The number of hydrogen-bond acceptors (Lipinski definition) is 1. The van der Waals surface area contributed by atoms with Crippen LogP contribution in [0, 0.1) is 57.7 Å². The van der Waals surface area contributed by atoms with Gasteiger partial charge in [-0.15, -0.1) is 0 Å². The van der Waals surface area contributed by atoms with Gasteiger partial charge in [-0.05, 0) is 91.3 Å². The summed E-state index contributed by atoms with van der Waals surface area (Å²) in [5, 5.41) is 9.21. The highest BCUT2D eigenvalue weighted by Crippen LogP contribution is 2.69. The summed E-state index contributed by atoms with van der Waals surface area (Å²) in [5.74, 6) is 4.73. The second kappa shape index (κ2) is 6.14. The van der Waals surface area contributed by atoms with Crippen molar-refractivity contribution in [3.63, 3.8) is 0 Å². The molecule has 0 heterocycles. The lowest BCUT2D eigenvalue weighted by Crippen LogP contribution is -2.53. The molecule has 0 bridgehead atoms. The predicted molar refractivity (Wildman–Crippen MR) is 104 cm³/mol. The molecule has 4 saturated carbocycles. The molecule has 0 aromatic heterocycles. The predicted octanol–water partition coefficient (Wildman–Crippen LogP) is 6.75. The molecule has 4 rings (SSSR count). The maximum Gasteiger partial charge on any atom is 0.0624 e. The summed E-state index contributed by atoms with van der Waals surface area (Å²) in [5.41, 5.74) is 2.65. The highest BCUT2D eigenvalue weighted by molar-refractivity contribution is 5.21. The second-order valence-electron chi connectivity index (χ2n) is 10.6. The Kier molecular flexibility index (Phi) is 4.33. The lowest BCUT2D eigenvalue weighted by atomic mass is 9.43. The van der Waals surface area contributed by atoms with E-state index in [4.69, 9.17) is 0 Å². The van der Waals surface area contributed by atoms with Crippen LogP contribution in [0.2, 0.25) is 0 Å². The van der Waals surface area contributed by atoms with Gasteiger partial charge in [-0.3, -0.25) is 0 Å². The SMILES string of the molecule is C=C1CC2CCCCC2(C)C2CCC3(C)C([C@H](C)CC#N)CC[C@H]3C12. The van der Waals surface area contributed by atoms with Crippen molar-refractivity contribution < 1.29 is 0 Å². The molecule has 0 aliphatic heterocycles. The zero-order valence-corrected chi connectivity index (χ0v) is 16.7. The van der Waals surface area contributed by atoms with Gasteiger partial charge in [0.25, 0.3) is 0 Å². The third-order valence-corrected chi connectivity index (χ3v) is 9.72. The van der Waals surface area contributed by atoms with Gasteiger partial charge >= 0.3 is 0 Å². The highest BCUT2D eigenvalue weighted by atomic mass is 14.7. The molecule has 4 aliphatic carbocycles. The lowest BCUT2D eigenvalue weighted by Gasteiger charge is -2.61. The van der Waals surface area contributed by atoms with Crippen LogP contribution >= 0.6 is 0 Å². The second-order valence-corrected chi connectivity index (χ2v) is 10.6. The highest BCUT2D eigenvalue weighted by Gasteiger charge is 2.61. The maximum absolute atomic E-state index is 9.21. The van der Waals surface area contributed by atoms with Crippen LogP contribution in [-0.4, -0.2) is 0 Å². The molecule has 8 atom stereocenters. The zero-order chi connectivity index (χ0) is 17.8. The Morgan fingerprint density at radius 3 is 2.60 bits per heavy atom. The van der Waals surface area contributed by atoms with Crippen LogP contribution in [0.4, 0.5) is 0 Å². The summed E-state index contributed by atoms with van der Waals surface area (Å²) < 4.78 is 0. The van der Waals surface area contributed by atoms with Crippen LogP contribution in [0.5, 0.6) is 0 Å². The molecule has 25 heavy (non-hydrogen) atoms. The summed E-state index contributed by atoms with van der Waals surface area (Å²) in [6.07, 6.45) is 13.4. The van der Waals surface area contributed by atoms with Crippen molar-refractivity contribution in [3.8, 4) is 6.07 Å². The van der Waals surface area contributed by atoms with E-state index < -0.39 is 0 Å². The lowest BCUT2D eigenvalue weighted by molar-refractivity contribution is -0.0891. The quantitative estimate of drug-likeness (QED) is 0.510. The molecule has 138 valence electrons. The molecule has 1 heteroatoms. The Bertz CT molecular complexity index is 585. The molecule has 6 unspecified atom stereocenters. The normalized spacial score (nSPS) is 50.3. The van der Waals surface area contributed by atoms with Crippen molar-refractivity contribution in [1.82, 2.24) is 0 Å². The van der Waals surface area contributed by atoms with E-state index in [0.29, 0.717) is 16.7 Å². The first-order chi connectivity index (χ1) is 11.9.